The number of hydrogen-bond acceptors (Lipinski definition) is 23. The van der Waals surface area contributed by atoms with Gasteiger partial charge in [-0.1, -0.05) is 84.0 Å². The molecule has 6 aromatic rings. The summed E-state index contributed by atoms with van der Waals surface area (Å²) in [6.07, 6.45) is 13.2. The van der Waals surface area contributed by atoms with Gasteiger partial charge in [-0.05, 0) is 6.42 Å². The molecule has 0 radical (unpaired) electrons. The lowest BCUT2D eigenvalue weighted by Gasteiger charge is -2.38. The normalized spacial score (nSPS) is 26.2. The minimum atomic E-state index is -5.53. The summed E-state index contributed by atoms with van der Waals surface area (Å²) in [4.78, 5) is 85.6. The molecule has 3 aliphatic rings. The molecule has 0 aromatic carbocycles. The largest absolute Gasteiger partial charge is 0.756 e. The van der Waals surface area contributed by atoms with Crippen LogP contribution < -0.4 is 27.4 Å². The van der Waals surface area contributed by atoms with Crippen LogP contribution in [0.25, 0.3) is 33.5 Å². The van der Waals surface area contributed by atoms with Gasteiger partial charge < -0.3 is 61.0 Å². The van der Waals surface area contributed by atoms with E-state index in [1.165, 1.54) is 109 Å². The first-order chi connectivity index (χ1) is 37.0. The molecule has 3 saturated heterocycles. The van der Waals surface area contributed by atoms with E-state index in [0.29, 0.717) is 17.6 Å². The average Bonchev–Trinajstić information content (AvgIpc) is 4.29. The molecule has 0 aliphatic carbocycles. The van der Waals surface area contributed by atoms with Crippen molar-refractivity contribution in [2.24, 2.45) is 0 Å². The fourth-order valence-corrected chi connectivity index (χ4v) is 12.1. The standard InChI is InChI=1S/C46H68N16O13P2/c1-2-3-4-5-6-7-8-9-10-11-12-13-14-15-34(64)50-20-29-18-33(75-76(65,66)67)46(73-29,62-27-59-37-40(49)53-24-56-43(37)62)19-28-17-32(45(71-28)61-26-58-36-39(48)52-23-55-42(36)61)74-77(68,69)70-21-30-16-31(63)44(72-30)60-25-57-35-38(47)51-22-54-41(35)60/h22-33,44-45,63H,2-21H2,1H3,(H,50,64)(H,68,69)(H2,47,51,54)(H2,48,52,55)(H2,49,53,56)(H2,65,66,67)/p-1. The highest BCUT2D eigenvalue weighted by atomic mass is 31.2. The van der Waals surface area contributed by atoms with Gasteiger partial charge in [0.1, 0.15) is 53.8 Å². The van der Waals surface area contributed by atoms with E-state index in [4.69, 9.17) is 45.0 Å². The zero-order valence-corrected chi connectivity index (χ0v) is 44.4. The fraction of sp³-hybridized carbons (Fsp3) is 0.652. The van der Waals surface area contributed by atoms with Gasteiger partial charge >= 0.3 is 7.82 Å². The van der Waals surface area contributed by atoms with Gasteiger partial charge in [-0.2, -0.15) is 0 Å². The highest BCUT2D eigenvalue weighted by Crippen LogP contribution is 2.54. The highest BCUT2D eigenvalue weighted by molar-refractivity contribution is 7.47. The van der Waals surface area contributed by atoms with Crippen molar-refractivity contribution in [1.29, 1.82) is 0 Å². The first-order valence-corrected chi connectivity index (χ1v) is 29.1. The van der Waals surface area contributed by atoms with E-state index >= 15 is 0 Å². The third-order valence-electron chi connectivity index (χ3n) is 14.3. The van der Waals surface area contributed by atoms with E-state index in [0.717, 1.165) is 19.3 Å². The van der Waals surface area contributed by atoms with Crippen molar-refractivity contribution in [3.8, 4) is 0 Å². The van der Waals surface area contributed by atoms with E-state index in [-0.39, 0.29) is 84.3 Å². The molecule has 11 unspecified atom stereocenters. The number of phosphoric ester groups is 2. The summed E-state index contributed by atoms with van der Waals surface area (Å²) < 4.78 is 67.5. The van der Waals surface area contributed by atoms with Gasteiger partial charge in [0, 0.05) is 38.6 Å². The van der Waals surface area contributed by atoms with Gasteiger partial charge in [0.15, 0.2) is 52.6 Å². The Morgan fingerprint density at radius 1 is 0.701 bits per heavy atom. The Kier molecular flexibility index (Phi) is 18.1. The van der Waals surface area contributed by atoms with Crippen molar-refractivity contribution >= 4 is 72.5 Å². The Morgan fingerprint density at radius 3 is 1.83 bits per heavy atom. The van der Waals surface area contributed by atoms with Crippen LogP contribution in [0.15, 0.2) is 38.0 Å². The Hall–Kier alpha value is -5.42. The number of nitrogens with zero attached hydrogens (tertiary/aromatic N) is 12. The van der Waals surface area contributed by atoms with Crippen LogP contribution in [0.2, 0.25) is 0 Å². The molecule has 3 fully saturated rings. The number of fused-ring (bicyclic) bond motifs is 3. The van der Waals surface area contributed by atoms with Crippen molar-refractivity contribution in [1.82, 2.24) is 63.9 Å². The summed E-state index contributed by atoms with van der Waals surface area (Å²) in [5.41, 5.74) is 17.5. The van der Waals surface area contributed by atoms with Gasteiger partial charge in [0.05, 0.1) is 43.9 Å². The summed E-state index contributed by atoms with van der Waals surface area (Å²) in [6, 6.07) is 0. The van der Waals surface area contributed by atoms with Gasteiger partial charge in [0.25, 0.3) is 7.82 Å². The average molecular weight is 1110 g/mol. The van der Waals surface area contributed by atoms with Gasteiger partial charge in [-0.15, -0.1) is 0 Å². The zero-order valence-electron chi connectivity index (χ0n) is 42.6. The number of aliphatic hydroxyl groups is 1. The fourth-order valence-electron chi connectivity index (χ4n) is 10.6. The maximum absolute atomic E-state index is 14.0. The molecular weight excluding hydrogens is 1050 g/mol. The monoisotopic (exact) mass is 1110 g/mol. The molecule has 10 N–H and O–H groups in total. The second-order valence-corrected chi connectivity index (χ2v) is 22.4. The summed E-state index contributed by atoms with van der Waals surface area (Å²) in [5.74, 6) is -0.0697. The number of nitrogens with one attached hydrogen (secondary N) is 1. The molecule has 0 saturated carbocycles. The van der Waals surface area contributed by atoms with Gasteiger partial charge in [0.2, 0.25) is 5.91 Å². The number of hydrogen-bond donors (Lipinski definition) is 7. The molecule has 9 heterocycles. The number of rotatable bonds is 28. The number of amides is 1. The number of nitrogens with two attached hydrogens (primary N) is 3. The van der Waals surface area contributed by atoms with Crippen molar-refractivity contribution in [2.45, 2.75) is 177 Å². The predicted molar refractivity (Wildman–Crippen MR) is 273 cm³/mol. The van der Waals surface area contributed by atoms with Crippen LogP contribution in [0.4, 0.5) is 17.5 Å². The third-order valence-corrected chi connectivity index (χ3v) is 15.8. The van der Waals surface area contributed by atoms with Crippen molar-refractivity contribution in [3.05, 3.63) is 38.0 Å². The van der Waals surface area contributed by atoms with E-state index in [1.54, 1.807) is 0 Å². The van der Waals surface area contributed by atoms with Crippen molar-refractivity contribution < 1.29 is 61.5 Å². The smallest absolute Gasteiger partial charge is 0.472 e. The molecule has 77 heavy (non-hydrogen) atoms. The number of anilines is 3. The van der Waals surface area contributed by atoms with E-state index in [9.17, 15) is 33.7 Å². The van der Waals surface area contributed by atoms with Crippen molar-refractivity contribution in [3.63, 3.8) is 0 Å². The van der Waals surface area contributed by atoms with Crippen LogP contribution >= 0.6 is 15.6 Å². The number of carbonyl (C=O) groups is 1. The van der Waals surface area contributed by atoms with Crippen molar-refractivity contribution in [2.75, 3.05) is 30.4 Å². The number of imidazole rings is 3. The molecule has 9 rings (SSSR count). The Balaban J connectivity index is 0.903. The Bertz CT molecular complexity index is 3050. The van der Waals surface area contributed by atoms with Crippen LogP contribution in [0.5, 0.6) is 0 Å². The molecule has 0 spiro atoms. The summed E-state index contributed by atoms with van der Waals surface area (Å²) in [7, 11) is -10.6. The number of nitrogen functional groups attached to an aromatic ring is 3. The van der Waals surface area contributed by atoms with E-state index in [2.05, 4.69) is 57.1 Å². The number of carbonyl (C=O) groups excluding carboxylic acids is 1. The molecule has 3 aliphatic heterocycles. The van der Waals surface area contributed by atoms with E-state index in [1.807, 2.05) is 0 Å². The predicted octanol–water partition coefficient (Wildman–Crippen LogP) is 3.97. The molecule has 11 atom stereocenters. The highest BCUT2D eigenvalue weighted by Gasteiger charge is 2.56. The van der Waals surface area contributed by atoms with Crippen LogP contribution in [-0.4, -0.2) is 129 Å². The van der Waals surface area contributed by atoms with Crippen LogP contribution in [0, 0.1) is 0 Å². The molecule has 420 valence electrons. The lowest BCUT2D eigenvalue weighted by Crippen LogP contribution is -2.47. The molecule has 31 heteroatoms. The molecule has 6 aromatic heterocycles. The Morgan fingerprint density at radius 2 is 1.23 bits per heavy atom. The van der Waals surface area contributed by atoms with Crippen LogP contribution in [0.3, 0.4) is 0 Å². The van der Waals surface area contributed by atoms with Gasteiger partial charge in [-0.25, -0.2) is 49.4 Å². The minimum absolute atomic E-state index is 0.00593. The molecular formula is C46H67N16O13P2-. The number of unbranched alkanes of at least 4 members (excludes halogenated alkanes) is 12. The van der Waals surface area contributed by atoms with Crippen LogP contribution in [0.1, 0.15) is 135 Å². The summed E-state index contributed by atoms with van der Waals surface area (Å²) in [5, 5.41) is 13.9. The molecule has 1 amide bonds. The zero-order chi connectivity index (χ0) is 54.3. The SMILES string of the molecule is CCCCCCCCCCCCCCCC(=O)NCC1CC(OP(=O)([O-])O)C(CC2CC(OP(=O)(O)OCC3CC(O)C(n4cnc5c(N)ncnc54)O3)C(n3cnc4c(N)ncnc43)O2)(n2cnc3c(N)ncnc32)O1. The van der Waals surface area contributed by atoms with E-state index < -0.39 is 77.1 Å². The topological polar surface area (TPSA) is 411 Å². The quantitative estimate of drug-likeness (QED) is 0.0270. The first-order valence-electron chi connectivity index (χ1n) is 26.1. The minimum Gasteiger partial charge on any atom is -0.756 e. The van der Waals surface area contributed by atoms with Crippen LogP contribution in [-0.2, 0) is 47.4 Å². The maximum atomic E-state index is 14.0. The third kappa shape index (κ3) is 13.4. The summed E-state index contributed by atoms with van der Waals surface area (Å²) in [6.45, 7) is 1.64. The second-order valence-electron chi connectivity index (χ2n) is 19.8. The molecule has 29 nitrogen and oxygen atoms in total. The first kappa shape index (κ1) is 56.3. The number of aliphatic hydroxyl groups excluding tert-OH is 1. The number of phosphoric acid groups is 2. The summed E-state index contributed by atoms with van der Waals surface area (Å²) >= 11 is 0. The lowest BCUT2D eigenvalue weighted by molar-refractivity contribution is -0.236. The number of ether oxygens (including phenoxy) is 3. The molecule has 0 bridgehead atoms. The lowest BCUT2D eigenvalue weighted by atomic mass is 9.96. The maximum Gasteiger partial charge on any atom is 0.472 e. The van der Waals surface area contributed by atoms with Gasteiger partial charge in [-0.3, -0.25) is 32.1 Å². The number of aromatic nitrogens is 12. The Labute approximate surface area is 442 Å². The second kappa shape index (κ2) is 24.7.